The Morgan fingerprint density at radius 3 is 2.81 bits per heavy atom. The van der Waals surface area contributed by atoms with E-state index in [4.69, 9.17) is 9.97 Å². The Labute approximate surface area is 151 Å². The van der Waals surface area contributed by atoms with Crippen LogP contribution in [0, 0.1) is 0 Å². The van der Waals surface area contributed by atoms with E-state index < -0.39 is 15.9 Å². The summed E-state index contributed by atoms with van der Waals surface area (Å²) in [5.74, 6) is 0.145. The second kappa shape index (κ2) is 5.26. The van der Waals surface area contributed by atoms with E-state index in [1.807, 2.05) is 4.72 Å². The van der Waals surface area contributed by atoms with Gasteiger partial charge in [-0.1, -0.05) is 6.07 Å². The minimum absolute atomic E-state index is 0.0317. The van der Waals surface area contributed by atoms with Gasteiger partial charge < -0.3 is 4.90 Å². The molecule has 3 aliphatic rings. The predicted molar refractivity (Wildman–Crippen MR) is 95.6 cm³/mol. The molecule has 1 aliphatic carbocycles. The lowest BCUT2D eigenvalue weighted by atomic mass is 10.0. The molecule has 1 fully saturated rings. The Morgan fingerprint density at radius 2 is 2.08 bits per heavy atom. The molecule has 5 rings (SSSR count). The number of aryl methyl sites for hydroxylation is 1. The van der Waals surface area contributed by atoms with Crippen molar-refractivity contribution in [3.8, 4) is 11.3 Å². The number of aromatic nitrogens is 2. The van der Waals surface area contributed by atoms with E-state index in [-0.39, 0.29) is 10.5 Å². The number of carbonyl (C=O) groups excluding carboxylic acids is 1. The van der Waals surface area contributed by atoms with Crippen molar-refractivity contribution in [3.05, 3.63) is 35.0 Å². The molecule has 0 saturated carbocycles. The van der Waals surface area contributed by atoms with Crippen molar-refractivity contribution in [1.29, 1.82) is 0 Å². The lowest BCUT2D eigenvalue weighted by Gasteiger charge is -2.39. The molecule has 134 valence electrons. The van der Waals surface area contributed by atoms with Crippen molar-refractivity contribution >= 4 is 21.9 Å². The van der Waals surface area contributed by atoms with Gasteiger partial charge in [0.15, 0.2) is 0 Å². The monoisotopic (exact) mass is 370 g/mol. The maximum absolute atomic E-state index is 12.2. The number of amides is 1. The fourth-order valence-electron chi connectivity index (χ4n) is 3.91. The van der Waals surface area contributed by atoms with E-state index in [9.17, 15) is 13.2 Å². The van der Waals surface area contributed by atoms with Crippen LogP contribution in [0.5, 0.6) is 0 Å². The van der Waals surface area contributed by atoms with Gasteiger partial charge in [-0.25, -0.2) is 23.1 Å². The van der Waals surface area contributed by atoms with Crippen molar-refractivity contribution in [1.82, 2.24) is 14.7 Å². The first-order valence-electron chi connectivity index (χ1n) is 8.82. The third kappa shape index (κ3) is 2.18. The number of hydrogen-bond donors (Lipinski definition) is 1. The minimum Gasteiger partial charge on any atom is -0.338 e. The van der Waals surface area contributed by atoms with Gasteiger partial charge in [-0.05, 0) is 44.7 Å². The summed E-state index contributed by atoms with van der Waals surface area (Å²) in [7, 11) is -3.78. The second-order valence-electron chi connectivity index (χ2n) is 7.13. The van der Waals surface area contributed by atoms with Gasteiger partial charge >= 0.3 is 0 Å². The number of sulfonamides is 1. The van der Waals surface area contributed by atoms with Crippen molar-refractivity contribution in [2.45, 2.75) is 43.5 Å². The van der Waals surface area contributed by atoms with Crippen LogP contribution >= 0.6 is 0 Å². The number of nitrogens with one attached hydrogen (secondary N) is 1. The number of rotatable bonds is 2. The quantitative estimate of drug-likeness (QED) is 0.864. The van der Waals surface area contributed by atoms with Crippen molar-refractivity contribution in [3.63, 3.8) is 0 Å². The summed E-state index contributed by atoms with van der Waals surface area (Å²) in [6, 6.07) is 5.33. The highest BCUT2D eigenvalue weighted by molar-refractivity contribution is 7.90. The molecule has 2 aromatic rings. The Balaban J connectivity index is 1.68. The molecule has 2 aliphatic heterocycles. The van der Waals surface area contributed by atoms with Crippen LogP contribution in [-0.2, 0) is 22.9 Å². The molecule has 0 bridgehead atoms. The van der Waals surface area contributed by atoms with Crippen LogP contribution < -0.4 is 9.62 Å². The standard InChI is InChI=1S/C18H18N4O3S/c1-10-7-8-22(10)18-19-14-4-2-3-12(14)16(20-18)11-5-6-13-15(9-11)26(24,25)21-17(13)23/h5-6,9-10H,2-4,7-8H2,1H3,(H,21,23)/t10-/m0/s1. The zero-order valence-corrected chi connectivity index (χ0v) is 15.1. The summed E-state index contributed by atoms with van der Waals surface area (Å²) in [4.78, 5) is 23.6. The van der Waals surface area contributed by atoms with Gasteiger partial charge in [-0.3, -0.25) is 4.79 Å². The number of carbonyl (C=O) groups is 1. The second-order valence-corrected chi connectivity index (χ2v) is 8.78. The minimum atomic E-state index is -3.78. The van der Waals surface area contributed by atoms with Crippen molar-refractivity contribution < 1.29 is 13.2 Å². The number of nitrogens with zero attached hydrogens (tertiary/aromatic N) is 3. The highest BCUT2D eigenvalue weighted by atomic mass is 32.2. The Morgan fingerprint density at radius 1 is 1.23 bits per heavy atom. The summed E-state index contributed by atoms with van der Waals surface area (Å²) >= 11 is 0. The molecule has 3 heterocycles. The Bertz CT molecular complexity index is 1060. The first-order valence-corrected chi connectivity index (χ1v) is 10.3. The molecule has 1 aromatic carbocycles. The van der Waals surface area contributed by atoms with Gasteiger partial charge in [-0.2, -0.15) is 0 Å². The smallest absolute Gasteiger partial charge is 0.266 e. The molecule has 1 atom stereocenters. The van der Waals surface area contributed by atoms with Crippen LogP contribution in [-0.4, -0.2) is 36.9 Å². The van der Waals surface area contributed by atoms with Gasteiger partial charge in [0.2, 0.25) is 5.95 Å². The largest absolute Gasteiger partial charge is 0.338 e. The molecule has 1 N–H and O–H groups in total. The zero-order valence-electron chi connectivity index (χ0n) is 14.3. The average Bonchev–Trinajstić information content (AvgIpc) is 3.15. The van der Waals surface area contributed by atoms with E-state index in [1.54, 1.807) is 18.2 Å². The molecule has 7 nitrogen and oxygen atoms in total. The molecular formula is C18H18N4O3S. The number of fused-ring (bicyclic) bond motifs is 2. The van der Waals surface area contributed by atoms with E-state index in [0.29, 0.717) is 6.04 Å². The molecule has 8 heteroatoms. The lowest BCUT2D eigenvalue weighted by molar-refractivity contribution is 0.0985. The van der Waals surface area contributed by atoms with Crippen LogP contribution in [0.3, 0.4) is 0 Å². The molecule has 0 spiro atoms. The molecule has 1 saturated heterocycles. The number of benzene rings is 1. The molecule has 26 heavy (non-hydrogen) atoms. The molecular weight excluding hydrogens is 352 g/mol. The van der Waals surface area contributed by atoms with Gasteiger partial charge in [-0.15, -0.1) is 0 Å². The highest BCUT2D eigenvalue weighted by Crippen LogP contribution is 2.36. The van der Waals surface area contributed by atoms with E-state index >= 15 is 0 Å². The van der Waals surface area contributed by atoms with Crippen molar-refractivity contribution in [2.75, 3.05) is 11.4 Å². The fraction of sp³-hybridized carbons (Fsp3) is 0.389. The third-order valence-corrected chi connectivity index (χ3v) is 6.89. The summed E-state index contributed by atoms with van der Waals surface area (Å²) < 4.78 is 26.4. The summed E-state index contributed by atoms with van der Waals surface area (Å²) in [6.07, 6.45) is 3.96. The maximum Gasteiger partial charge on any atom is 0.266 e. The van der Waals surface area contributed by atoms with Crippen molar-refractivity contribution in [2.24, 2.45) is 0 Å². The van der Waals surface area contributed by atoms with Crippen LogP contribution in [0.4, 0.5) is 5.95 Å². The van der Waals surface area contributed by atoms with Gasteiger partial charge in [0.05, 0.1) is 11.3 Å². The summed E-state index contributed by atoms with van der Waals surface area (Å²) in [5, 5.41) is 0. The van der Waals surface area contributed by atoms with Crippen LogP contribution in [0.15, 0.2) is 23.1 Å². The highest BCUT2D eigenvalue weighted by Gasteiger charge is 2.34. The summed E-state index contributed by atoms with van der Waals surface area (Å²) in [5.41, 5.74) is 3.85. The van der Waals surface area contributed by atoms with Gasteiger partial charge in [0, 0.05) is 29.4 Å². The Hall–Kier alpha value is -2.48. The van der Waals surface area contributed by atoms with Crippen LogP contribution in [0.25, 0.3) is 11.3 Å². The van der Waals surface area contributed by atoms with Crippen LogP contribution in [0.2, 0.25) is 0 Å². The third-order valence-electron chi connectivity index (χ3n) is 5.51. The van der Waals surface area contributed by atoms with E-state index in [0.717, 1.165) is 60.7 Å². The zero-order chi connectivity index (χ0) is 18.1. The van der Waals surface area contributed by atoms with Gasteiger partial charge in [0.1, 0.15) is 4.90 Å². The molecule has 0 radical (unpaired) electrons. The van der Waals surface area contributed by atoms with E-state index in [1.165, 1.54) is 0 Å². The number of hydrogen-bond acceptors (Lipinski definition) is 6. The summed E-state index contributed by atoms with van der Waals surface area (Å²) in [6.45, 7) is 3.09. The lowest BCUT2D eigenvalue weighted by Crippen LogP contribution is -2.46. The Kier molecular flexibility index (Phi) is 3.19. The fourth-order valence-corrected chi connectivity index (χ4v) is 5.11. The maximum atomic E-state index is 12.2. The topological polar surface area (TPSA) is 92.3 Å². The van der Waals surface area contributed by atoms with Crippen LogP contribution in [0.1, 0.15) is 41.4 Å². The molecule has 1 aromatic heterocycles. The number of anilines is 1. The molecule has 1 amide bonds. The average molecular weight is 370 g/mol. The SMILES string of the molecule is C[C@H]1CCN1c1nc2c(c(-c3ccc4c(c3)S(=O)(=O)NC4=O)n1)CCC2. The molecule has 0 unspecified atom stereocenters. The first kappa shape index (κ1) is 15.7. The predicted octanol–water partition coefficient (Wildman–Crippen LogP) is 1.66. The first-order chi connectivity index (χ1) is 12.4. The normalized spacial score (nSPS) is 22.6. The van der Waals surface area contributed by atoms with Gasteiger partial charge in [0.25, 0.3) is 15.9 Å². The van der Waals surface area contributed by atoms with E-state index in [2.05, 4.69) is 11.8 Å².